The van der Waals surface area contributed by atoms with E-state index in [4.69, 9.17) is 5.73 Å². The molecule has 130 valence electrons. The third-order valence-electron chi connectivity index (χ3n) is 4.54. The average Bonchev–Trinajstić information content (AvgIpc) is 2.63. The fourth-order valence-corrected chi connectivity index (χ4v) is 3.20. The van der Waals surface area contributed by atoms with Crippen LogP contribution in [0.4, 0.5) is 5.69 Å². The molecule has 0 aliphatic carbocycles. The van der Waals surface area contributed by atoms with Crippen LogP contribution in [-0.4, -0.2) is 24.9 Å². The molecule has 0 aromatic heterocycles. The molecule has 0 unspecified atom stereocenters. The summed E-state index contributed by atoms with van der Waals surface area (Å²) in [6.45, 7) is 0.792. The first-order valence-corrected chi connectivity index (χ1v) is 8.61. The zero-order valence-corrected chi connectivity index (χ0v) is 14.2. The summed E-state index contributed by atoms with van der Waals surface area (Å²) in [4.78, 5) is 26.0. The molecular weight excluding hydrogens is 314 g/mol. The number of hydrogen-bond acceptors (Lipinski definition) is 3. The van der Waals surface area contributed by atoms with Crippen LogP contribution in [0.25, 0.3) is 0 Å². The number of hydrogen-bond donors (Lipinski definition) is 2. The van der Waals surface area contributed by atoms with E-state index in [0.29, 0.717) is 13.1 Å². The Kier molecular flexibility index (Phi) is 5.46. The lowest BCUT2D eigenvalue weighted by Crippen LogP contribution is -2.37. The minimum absolute atomic E-state index is 0.00137. The van der Waals surface area contributed by atoms with Crippen LogP contribution in [0.15, 0.2) is 48.5 Å². The molecule has 0 radical (unpaired) electrons. The van der Waals surface area contributed by atoms with Gasteiger partial charge in [-0.2, -0.15) is 0 Å². The SMILES string of the molecule is NCC(=O)NCCC(=O)N1Cc2ccccc2CCc2ccccc21. The highest BCUT2D eigenvalue weighted by molar-refractivity contribution is 5.94. The molecule has 0 saturated heterocycles. The minimum Gasteiger partial charge on any atom is -0.354 e. The van der Waals surface area contributed by atoms with Gasteiger partial charge in [-0.15, -0.1) is 0 Å². The number of anilines is 1. The first-order chi connectivity index (χ1) is 12.2. The molecule has 5 heteroatoms. The maximum atomic E-state index is 12.8. The molecule has 0 atom stereocenters. The van der Waals surface area contributed by atoms with Crippen molar-refractivity contribution in [1.29, 1.82) is 0 Å². The fraction of sp³-hybridized carbons (Fsp3) is 0.300. The normalized spacial score (nSPS) is 13.2. The first-order valence-electron chi connectivity index (χ1n) is 8.61. The molecule has 3 N–H and O–H groups in total. The second-order valence-corrected chi connectivity index (χ2v) is 6.18. The Hall–Kier alpha value is -2.66. The second-order valence-electron chi connectivity index (χ2n) is 6.18. The van der Waals surface area contributed by atoms with Gasteiger partial charge in [0.15, 0.2) is 0 Å². The smallest absolute Gasteiger partial charge is 0.233 e. The number of rotatable bonds is 4. The summed E-state index contributed by atoms with van der Waals surface area (Å²) in [6.07, 6.45) is 2.13. The highest BCUT2D eigenvalue weighted by Crippen LogP contribution is 2.28. The number of aryl methyl sites for hydroxylation is 2. The third-order valence-corrected chi connectivity index (χ3v) is 4.54. The minimum atomic E-state index is -0.244. The summed E-state index contributed by atoms with van der Waals surface area (Å²) in [6, 6.07) is 16.3. The fourth-order valence-electron chi connectivity index (χ4n) is 3.20. The maximum absolute atomic E-state index is 12.8. The van der Waals surface area contributed by atoms with Crippen LogP contribution in [0.1, 0.15) is 23.1 Å². The van der Waals surface area contributed by atoms with Gasteiger partial charge >= 0.3 is 0 Å². The van der Waals surface area contributed by atoms with Crippen molar-refractivity contribution < 1.29 is 9.59 Å². The number of amides is 2. The van der Waals surface area contributed by atoms with Gasteiger partial charge in [-0.05, 0) is 35.6 Å². The molecule has 0 spiro atoms. The van der Waals surface area contributed by atoms with Gasteiger partial charge in [0, 0.05) is 18.7 Å². The molecule has 1 aliphatic heterocycles. The molecule has 3 rings (SSSR count). The van der Waals surface area contributed by atoms with Crippen molar-refractivity contribution in [3.05, 3.63) is 65.2 Å². The number of carbonyl (C=O) groups is 2. The molecule has 5 nitrogen and oxygen atoms in total. The maximum Gasteiger partial charge on any atom is 0.233 e. The average molecular weight is 337 g/mol. The van der Waals surface area contributed by atoms with E-state index in [-0.39, 0.29) is 24.8 Å². The van der Waals surface area contributed by atoms with Crippen LogP contribution in [0.3, 0.4) is 0 Å². The van der Waals surface area contributed by atoms with Crippen LogP contribution in [-0.2, 0) is 29.0 Å². The van der Waals surface area contributed by atoms with E-state index in [1.165, 1.54) is 16.7 Å². The van der Waals surface area contributed by atoms with E-state index in [9.17, 15) is 9.59 Å². The Balaban J connectivity index is 1.84. The van der Waals surface area contributed by atoms with Crippen LogP contribution in [0.5, 0.6) is 0 Å². The van der Waals surface area contributed by atoms with Gasteiger partial charge in [0.05, 0.1) is 13.1 Å². The second kappa shape index (κ2) is 7.94. The number of nitrogens with zero attached hydrogens (tertiary/aromatic N) is 1. The van der Waals surface area contributed by atoms with E-state index in [2.05, 4.69) is 23.5 Å². The summed E-state index contributed by atoms with van der Waals surface area (Å²) in [7, 11) is 0. The monoisotopic (exact) mass is 337 g/mol. The van der Waals surface area contributed by atoms with Crippen molar-refractivity contribution in [3.63, 3.8) is 0 Å². The Bertz CT molecular complexity index is 773. The topological polar surface area (TPSA) is 75.4 Å². The highest BCUT2D eigenvalue weighted by Gasteiger charge is 2.22. The van der Waals surface area contributed by atoms with Crippen molar-refractivity contribution in [2.75, 3.05) is 18.0 Å². The quantitative estimate of drug-likeness (QED) is 0.893. The van der Waals surface area contributed by atoms with Gasteiger partial charge in [0.1, 0.15) is 0 Å². The van der Waals surface area contributed by atoms with Gasteiger partial charge in [-0.3, -0.25) is 9.59 Å². The van der Waals surface area contributed by atoms with Gasteiger partial charge in [0.25, 0.3) is 0 Å². The Morgan fingerprint density at radius 1 is 0.960 bits per heavy atom. The standard InChI is InChI=1S/C20H23N3O2/c21-13-19(24)22-12-11-20(25)23-14-17-7-2-1-5-15(17)9-10-16-6-3-4-8-18(16)23/h1-8H,9-14,21H2,(H,22,24). The largest absolute Gasteiger partial charge is 0.354 e. The Morgan fingerprint density at radius 3 is 2.36 bits per heavy atom. The van der Waals surface area contributed by atoms with Crippen molar-refractivity contribution in [1.82, 2.24) is 5.32 Å². The van der Waals surface area contributed by atoms with Gasteiger partial charge in [-0.25, -0.2) is 0 Å². The molecule has 2 aromatic rings. The van der Waals surface area contributed by atoms with Crippen LogP contribution in [0, 0.1) is 0 Å². The third kappa shape index (κ3) is 4.06. The van der Waals surface area contributed by atoms with E-state index in [1.807, 2.05) is 35.2 Å². The summed E-state index contributed by atoms with van der Waals surface area (Å²) in [5.41, 5.74) is 9.88. The van der Waals surface area contributed by atoms with E-state index < -0.39 is 0 Å². The molecule has 2 amide bonds. The lowest BCUT2D eigenvalue weighted by Gasteiger charge is -2.29. The Morgan fingerprint density at radius 2 is 1.60 bits per heavy atom. The van der Waals surface area contributed by atoms with Crippen molar-refractivity contribution in [2.45, 2.75) is 25.8 Å². The molecule has 1 heterocycles. The molecule has 0 fully saturated rings. The summed E-state index contributed by atoms with van der Waals surface area (Å²) in [5, 5.41) is 2.66. The summed E-state index contributed by atoms with van der Waals surface area (Å²) < 4.78 is 0. The van der Waals surface area contributed by atoms with E-state index in [1.54, 1.807) is 0 Å². The highest BCUT2D eigenvalue weighted by atomic mass is 16.2. The summed E-state index contributed by atoms with van der Waals surface area (Å²) >= 11 is 0. The van der Waals surface area contributed by atoms with Crippen molar-refractivity contribution in [2.24, 2.45) is 5.73 Å². The Labute approximate surface area is 147 Å². The van der Waals surface area contributed by atoms with Gasteiger partial charge < -0.3 is 16.0 Å². The predicted octanol–water partition coefficient (Wildman–Crippen LogP) is 1.78. The van der Waals surface area contributed by atoms with Crippen molar-refractivity contribution >= 4 is 17.5 Å². The molecule has 1 aliphatic rings. The van der Waals surface area contributed by atoms with Gasteiger partial charge in [0.2, 0.25) is 11.8 Å². The van der Waals surface area contributed by atoms with E-state index >= 15 is 0 Å². The zero-order chi connectivity index (χ0) is 17.6. The number of benzene rings is 2. The lowest BCUT2D eigenvalue weighted by atomic mass is 9.95. The van der Waals surface area contributed by atoms with Crippen LogP contribution >= 0.6 is 0 Å². The predicted molar refractivity (Wildman–Crippen MR) is 98.2 cm³/mol. The number of carbonyl (C=O) groups excluding carboxylic acids is 2. The van der Waals surface area contributed by atoms with Crippen LogP contribution in [0.2, 0.25) is 0 Å². The number of fused-ring (bicyclic) bond motifs is 2. The zero-order valence-electron chi connectivity index (χ0n) is 14.2. The molecule has 0 bridgehead atoms. The number of para-hydroxylation sites is 1. The summed E-state index contributed by atoms with van der Waals surface area (Å²) in [5.74, 6) is -0.243. The van der Waals surface area contributed by atoms with Crippen molar-refractivity contribution in [3.8, 4) is 0 Å². The molecule has 2 aromatic carbocycles. The van der Waals surface area contributed by atoms with Crippen LogP contribution < -0.4 is 16.0 Å². The van der Waals surface area contributed by atoms with E-state index in [0.717, 1.165) is 18.5 Å². The first kappa shape index (κ1) is 17.2. The number of nitrogens with two attached hydrogens (primary N) is 1. The lowest BCUT2D eigenvalue weighted by molar-refractivity contribution is -0.120. The number of nitrogens with one attached hydrogen (secondary N) is 1. The molecule has 25 heavy (non-hydrogen) atoms. The molecular formula is C20H23N3O2. The molecule has 0 saturated carbocycles. The van der Waals surface area contributed by atoms with Gasteiger partial charge in [-0.1, -0.05) is 42.5 Å².